The van der Waals surface area contributed by atoms with Crippen molar-refractivity contribution in [2.24, 2.45) is 5.10 Å². The van der Waals surface area contributed by atoms with Crippen LogP contribution in [0.4, 0.5) is 0 Å². The molecule has 0 aliphatic carbocycles. The van der Waals surface area contributed by atoms with Crippen LogP contribution in [0.1, 0.15) is 15.4 Å². The Balaban J connectivity index is 1.80. The molecule has 4 nitrogen and oxygen atoms in total. The predicted octanol–water partition coefficient (Wildman–Crippen LogP) is 3.91. The van der Waals surface area contributed by atoms with Gasteiger partial charge in [-0.1, -0.05) is 29.8 Å². The van der Waals surface area contributed by atoms with Gasteiger partial charge in [-0.05, 0) is 18.2 Å². The molecule has 1 N–H and O–H groups in total. The molecule has 0 atom stereocenters. The number of benzene rings is 1. The monoisotopic (exact) mass is 304 g/mol. The Labute approximate surface area is 123 Å². The van der Waals surface area contributed by atoms with Crippen molar-refractivity contribution >= 4 is 45.1 Å². The molecule has 0 aliphatic heterocycles. The smallest absolute Gasteiger partial charge is 0.283 e. The van der Waals surface area contributed by atoms with E-state index in [4.69, 9.17) is 16.0 Å². The molecule has 0 spiro atoms. The lowest BCUT2D eigenvalue weighted by Crippen LogP contribution is -2.16. The van der Waals surface area contributed by atoms with Gasteiger partial charge in [0.2, 0.25) is 0 Å². The lowest BCUT2D eigenvalue weighted by atomic mass is 10.2. The van der Waals surface area contributed by atoms with Crippen molar-refractivity contribution in [1.82, 2.24) is 5.43 Å². The summed E-state index contributed by atoms with van der Waals surface area (Å²) in [6, 6.07) is 11.1. The molecule has 0 saturated heterocycles. The van der Waals surface area contributed by atoms with Gasteiger partial charge in [-0.15, -0.1) is 11.3 Å². The largest absolute Gasteiger partial charge is 0.463 e. The number of carbonyl (C=O) groups is 1. The van der Waals surface area contributed by atoms with E-state index in [0.717, 1.165) is 10.1 Å². The molecule has 1 amide bonds. The van der Waals surface area contributed by atoms with Crippen LogP contribution in [0.15, 0.2) is 52.2 Å². The molecule has 2 heterocycles. The number of thiophene rings is 1. The number of hydrogen-bond donors (Lipinski definition) is 1. The second kappa shape index (κ2) is 5.48. The summed E-state index contributed by atoms with van der Waals surface area (Å²) in [7, 11) is 0. The number of furan rings is 1. The molecule has 3 rings (SSSR count). The van der Waals surface area contributed by atoms with Crippen molar-refractivity contribution in [3.05, 3.63) is 58.3 Å². The maximum atomic E-state index is 12.0. The maximum Gasteiger partial charge on any atom is 0.283 e. The van der Waals surface area contributed by atoms with Gasteiger partial charge in [-0.25, -0.2) is 5.43 Å². The number of fused-ring (bicyclic) bond motifs is 1. The Morgan fingerprint density at radius 3 is 2.90 bits per heavy atom. The molecular weight excluding hydrogens is 296 g/mol. The van der Waals surface area contributed by atoms with E-state index in [1.54, 1.807) is 12.1 Å². The third-order valence-corrected chi connectivity index (χ3v) is 4.32. The van der Waals surface area contributed by atoms with Gasteiger partial charge in [0.25, 0.3) is 5.91 Å². The van der Waals surface area contributed by atoms with E-state index in [0.29, 0.717) is 15.7 Å². The van der Waals surface area contributed by atoms with Crippen LogP contribution in [0.2, 0.25) is 5.02 Å². The highest BCUT2D eigenvalue weighted by Crippen LogP contribution is 2.34. The molecule has 6 heteroatoms. The van der Waals surface area contributed by atoms with Crippen LogP contribution in [0.25, 0.3) is 10.1 Å². The Kier molecular flexibility index (Phi) is 3.54. The fourth-order valence-electron chi connectivity index (χ4n) is 1.73. The maximum absolute atomic E-state index is 12.0. The Morgan fingerprint density at radius 2 is 2.15 bits per heavy atom. The molecule has 0 aliphatic rings. The third kappa shape index (κ3) is 2.45. The van der Waals surface area contributed by atoms with Crippen molar-refractivity contribution < 1.29 is 9.21 Å². The number of amides is 1. The first-order chi connectivity index (χ1) is 9.75. The zero-order valence-corrected chi connectivity index (χ0v) is 11.7. The molecule has 0 unspecified atom stereocenters. The first kappa shape index (κ1) is 12.9. The van der Waals surface area contributed by atoms with Gasteiger partial charge in [0.1, 0.15) is 10.6 Å². The van der Waals surface area contributed by atoms with Crippen LogP contribution in [-0.2, 0) is 0 Å². The number of nitrogens with one attached hydrogen (secondary N) is 1. The molecule has 2 aromatic heterocycles. The highest BCUT2D eigenvalue weighted by Gasteiger charge is 2.16. The molecule has 0 fully saturated rings. The SMILES string of the molecule is O=C(N/N=C/c1ccco1)c1sc2ccccc2c1Cl. The van der Waals surface area contributed by atoms with Gasteiger partial charge >= 0.3 is 0 Å². The molecule has 1 aromatic carbocycles. The van der Waals surface area contributed by atoms with Crippen LogP contribution in [-0.4, -0.2) is 12.1 Å². The van der Waals surface area contributed by atoms with Gasteiger partial charge in [0, 0.05) is 10.1 Å². The van der Waals surface area contributed by atoms with Crippen molar-refractivity contribution in [3.8, 4) is 0 Å². The number of hydrazone groups is 1. The highest BCUT2D eigenvalue weighted by atomic mass is 35.5. The average molecular weight is 305 g/mol. The van der Waals surface area contributed by atoms with Crippen molar-refractivity contribution in [3.63, 3.8) is 0 Å². The van der Waals surface area contributed by atoms with Crippen LogP contribution in [0.5, 0.6) is 0 Å². The van der Waals surface area contributed by atoms with Gasteiger partial charge in [0.05, 0.1) is 17.5 Å². The van der Waals surface area contributed by atoms with E-state index < -0.39 is 0 Å². The highest BCUT2D eigenvalue weighted by molar-refractivity contribution is 7.21. The van der Waals surface area contributed by atoms with Gasteiger partial charge in [0.15, 0.2) is 0 Å². The van der Waals surface area contributed by atoms with Crippen LogP contribution < -0.4 is 5.43 Å². The minimum atomic E-state index is -0.334. The summed E-state index contributed by atoms with van der Waals surface area (Å²) in [6.45, 7) is 0. The molecule has 0 radical (unpaired) electrons. The fraction of sp³-hybridized carbons (Fsp3) is 0. The second-order valence-corrected chi connectivity index (χ2v) is 5.39. The first-order valence-electron chi connectivity index (χ1n) is 5.79. The molecule has 20 heavy (non-hydrogen) atoms. The van der Waals surface area contributed by atoms with E-state index in [9.17, 15) is 4.79 Å². The fourth-order valence-corrected chi connectivity index (χ4v) is 3.14. The van der Waals surface area contributed by atoms with Gasteiger partial charge in [-0.3, -0.25) is 4.79 Å². The minimum Gasteiger partial charge on any atom is -0.463 e. The molecule has 3 aromatic rings. The lowest BCUT2D eigenvalue weighted by Gasteiger charge is -1.96. The van der Waals surface area contributed by atoms with Crippen LogP contribution >= 0.6 is 22.9 Å². The van der Waals surface area contributed by atoms with E-state index in [1.165, 1.54) is 23.8 Å². The van der Waals surface area contributed by atoms with Gasteiger partial charge < -0.3 is 4.42 Å². The van der Waals surface area contributed by atoms with Crippen molar-refractivity contribution in [2.75, 3.05) is 0 Å². The zero-order valence-electron chi connectivity index (χ0n) is 10.2. The number of carbonyl (C=O) groups excluding carboxylic acids is 1. The Morgan fingerprint density at radius 1 is 1.30 bits per heavy atom. The predicted molar refractivity (Wildman–Crippen MR) is 80.6 cm³/mol. The molecule has 0 bridgehead atoms. The normalized spacial score (nSPS) is 11.2. The number of hydrogen-bond acceptors (Lipinski definition) is 4. The standard InChI is InChI=1S/C14H9ClN2O2S/c15-12-10-5-1-2-6-11(10)20-13(12)14(18)17-16-8-9-4-3-7-19-9/h1-8H,(H,17,18)/b16-8+. The Bertz CT molecular complexity index is 778. The summed E-state index contributed by atoms with van der Waals surface area (Å²) < 4.78 is 6.04. The summed E-state index contributed by atoms with van der Waals surface area (Å²) in [5.41, 5.74) is 2.44. The minimum absolute atomic E-state index is 0.334. The third-order valence-electron chi connectivity index (χ3n) is 2.64. The van der Waals surface area contributed by atoms with Crippen LogP contribution in [0, 0.1) is 0 Å². The first-order valence-corrected chi connectivity index (χ1v) is 6.99. The van der Waals surface area contributed by atoms with Crippen molar-refractivity contribution in [1.29, 1.82) is 0 Å². The molecule has 0 saturated carbocycles. The van der Waals surface area contributed by atoms with Crippen molar-refractivity contribution in [2.45, 2.75) is 0 Å². The van der Waals surface area contributed by atoms with Crippen LogP contribution in [0.3, 0.4) is 0 Å². The Hall–Kier alpha value is -2.11. The summed E-state index contributed by atoms with van der Waals surface area (Å²) >= 11 is 7.55. The average Bonchev–Trinajstić information content (AvgIpc) is 3.08. The van der Waals surface area contributed by atoms with E-state index >= 15 is 0 Å². The van der Waals surface area contributed by atoms with E-state index in [2.05, 4.69) is 10.5 Å². The summed E-state index contributed by atoms with van der Waals surface area (Å²) in [5, 5.41) is 5.16. The zero-order chi connectivity index (χ0) is 13.9. The molecular formula is C14H9ClN2O2S. The summed E-state index contributed by atoms with van der Waals surface area (Å²) in [4.78, 5) is 12.5. The van der Waals surface area contributed by atoms with Gasteiger partial charge in [-0.2, -0.15) is 5.10 Å². The van der Waals surface area contributed by atoms with E-state index in [-0.39, 0.29) is 5.91 Å². The topological polar surface area (TPSA) is 54.6 Å². The quantitative estimate of drug-likeness (QED) is 0.589. The molecule has 100 valence electrons. The number of rotatable bonds is 3. The van der Waals surface area contributed by atoms with E-state index in [1.807, 2.05) is 24.3 Å². The summed E-state index contributed by atoms with van der Waals surface area (Å²) in [5.74, 6) is 0.228. The summed E-state index contributed by atoms with van der Waals surface area (Å²) in [6.07, 6.45) is 2.96. The number of halogens is 1. The lowest BCUT2D eigenvalue weighted by molar-refractivity contribution is 0.0959. The number of nitrogens with zero attached hydrogens (tertiary/aromatic N) is 1. The second-order valence-electron chi connectivity index (χ2n) is 3.96.